The number of nitrogens with one attached hydrogen (secondary N) is 1. The Hall–Kier alpha value is -0.860. The first-order chi connectivity index (χ1) is 7.43. The van der Waals surface area contributed by atoms with Gasteiger partial charge in [-0.2, -0.15) is 0 Å². The van der Waals surface area contributed by atoms with E-state index in [1.54, 1.807) is 0 Å². The maximum atomic E-state index is 5.45. The first kappa shape index (κ1) is 9.37. The Balaban J connectivity index is 1.89. The lowest BCUT2D eigenvalue weighted by Gasteiger charge is -2.19. The van der Waals surface area contributed by atoms with Crippen LogP contribution >= 0.6 is 0 Å². The molecule has 2 heteroatoms. The van der Waals surface area contributed by atoms with Crippen molar-refractivity contribution in [2.45, 2.75) is 31.9 Å². The highest BCUT2D eigenvalue weighted by atomic mass is 16.5. The molecule has 2 heterocycles. The van der Waals surface area contributed by atoms with Gasteiger partial charge in [0.15, 0.2) is 0 Å². The van der Waals surface area contributed by atoms with E-state index < -0.39 is 0 Å². The summed E-state index contributed by atoms with van der Waals surface area (Å²) in [5, 5.41) is 3.55. The number of hydrogen-bond donors (Lipinski definition) is 1. The Kier molecular flexibility index (Phi) is 2.47. The maximum Gasteiger partial charge on any atom is 0.0719 e. The maximum absolute atomic E-state index is 5.45. The van der Waals surface area contributed by atoms with Crippen LogP contribution in [-0.4, -0.2) is 13.2 Å². The summed E-state index contributed by atoms with van der Waals surface area (Å²) >= 11 is 0. The van der Waals surface area contributed by atoms with Crippen LogP contribution < -0.4 is 5.32 Å². The van der Waals surface area contributed by atoms with Crippen LogP contribution in [0.15, 0.2) is 18.2 Å². The number of fused-ring (bicyclic) bond motifs is 1. The molecule has 80 valence electrons. The zero-order valence-electron chi connectivity index (χ0n) is 8.96. The summed E-state index contributed by atoms with van der Waals surface area (Å²) in [5.74, 6) is 0. The number of ether oxygens (including phenoxy) is 1. The molecule has 1 saturated heterocycles. The molecule has 1 aromatic rings. The van der Waals surface area contributed by atoms with E-state index in [0.717, 1.165) is 19.6 Å². The van der Waals surface area contributed by atoms with Crippen LogP contribution in [-0.2, 0) is 17.8 Å². The van der Waals surface area contributed by atoms with Crippen molar-refractivity contribution >= 4 is 0 Å². The minimum Gasteiger partial charge on any atom is -0.376 e. The fraction of sp³-hybridized carbons (Fsp3) is 0.538. The van der Waals surface area contributed by atoms with E-state index in [1.807, 2.05) is 0 Å². The highest BCUT2D eigenvalue weighted by Gasteiger charge is 2.18. The van der Waals surface area contributed by atoms with Crippen LogP contribution in [0.1, 0.15) is 35.6 Å². The summed E-state index contributed by atoms with van der Waals surface area (Å²) in [4.78, 5) is 0. The summed E-state index contributed by atoms with van der Waals surface area (Å²) in [7, 11) is 0. The van der Waals surface area contributed by atoms with Gasteiger partial charge in [-0.25, -0.2) is 0 Å². The molecule has 0 saturated carbocycles. The lowest BCUT2D eigenvalue weighted by molar-refractivity contribution is 0.110. The van der Waals surface area contributed by atoms with Crippen LogP contribution in [0.4, 0.5) is 0 Å². The van der Waals surface area contributed by atoms with Gasteiger partial charge in [0.1, 0.15) is 0 Å². The van der Waals surface area contributed by atoms with Crippen molar-refractivity contribution in [1.82, 2.24) is 5.32 Å². The van der Waals surface area contributed by atoms with Gasteiger partial charge in [-0.3, -0.25) is 0 Å². The smallest absolute Gasteiger partial charge is 0.0719 e. The summed E-state index contributed by atoms with van der Waals surface area (Å²) in [6.45, 7) is 2.85. The van der Waals surface area contributed by atoms with Gasteiger partial charge in [-0.15, -0.1) is 0 Å². The highest BCUT2D eigenvalue weighted by molar-refractivity contribution is 5.34. The second kappa shape index (κ2) is 3.95. The third-order valence-corrected chi connectivity index (χ3v) is 3.47. The Labute approximate surface area is 90.6 Å². The van der Waals surface area contributed by atoms with E-state index in [4.69, 9.17) is 4.74 Å². The quantitative estimate of drug-likeness (QED) is 0.755. The summed E-state index contributed by atoms with van der Waals surface area (Å²) in [6, 6.07) is 7.47. The molecule has 0 bridgehead atoms. The van der Waals surface area contributed by atoms with E-state index in [-0.39, 0.29) is 0 Å². The van der Waals surface area contributed by atoms with E-state index in [2.05, 4.69) is 23.5 Å². The Morgan fingerprint density at radius 3 is 3.13 bits per heavy atom. The van der Waals surface area contributed by atoms with Crippen LogP contribution in [0, 0.1) is 0 Å². The second-order valence-corrected chi connectivity index (χ2v) is 4.48. The summed E-state index contributed by atoms with van der Waals surface area (Å²) < 4.78 is 5.45. The molecule has 1 unspecified atom stereocenters. The lowest BCUT2D eigenvalue weighted by atomic mass is 9.96. The molecule has 15 heavy (non-hydrogen) atoms. The molecule has 2 aliphatic rings. The van der Waals surface area contributed by atoms with Crippen molar-refractivity contribution in [3.8, 4) is 0 Å². The molecule has 3 rings (SSSR count). The molecule has 2 aliphatic heterocycles. The number of hydrogen-bond acceptors (Lipinski definition) is 2. The topological polar surface area (TPSA) is 21.3 Å². The normalized spacial score (nSPS) is 25.2. The number of benzene rings is 1. The summed E-state index contributed by atoms with van der Waals surface area (Å²) in [6.07, 6.45) is 3.68. The Bertz CT molecular complexity index is 356. The van der Waals surface area contributed by atoms with Crippen LogP contribution in [0.5, 0.6) is 0 Å². The Morgan fingerprint density at radius 2 is 2.27 bits per heavy atom. The minimum absolute atomic E-state index is 0.596. The van der Waals surface area contributed by atoms with E-state index in [9.17, 15) is 0 Å². The highest BCUT2D eigenvalue weighted by Crippen LogP contribution is 2.26. The van der Waals surface area contributed by atoms with Crippen LogP contribution in [0.3, 0.4) is 0 Å². The van der Waals surface area contributed by atoms with Gasteiger partial charge in [0.05, 0.1) is 13.2 Å². The largest absolute Gasteiger partial charge is 0.376 e. The van der Waals surface area contributed by atoms with Crippen molar-refractivity contribution < 1.29 is 4.74 Å². The fourth-order valence-corrected chi connectivity index (χ4v) is 2.57. The van der Waals surface area contributed by atoms with E-state index >= 15 is 0 Å². The zero-order valence-corrected chi connectivity index (χ0v) is 8.96. The molecule has 1 fully saturated rings. The first-order valence-electron chi connectivity index (χ1n) is 5.86. The predicted octanol–water partition coefficient (Wildman–Crippen LogP) is 2.18. The van der Waals surface area contributed by atoms with Gasteiger partial charge in [0.2, 0.25) is 0 Å². The molecular formula is C13H17NO. The average molecular weight is 203 g/mol. The Morgan fingerprint density at radius 1 is 1.27 bits per heavy atom. The van der Waals surface area contributed by atoms with Gasteiger partial charge in [-0.05, 0) is 42.5 Å². The summed E-state index contributed by atoms with van der Waals surface area (Å²) in [5.41, 5.74) is 4.34. The zero-order chi connectivity index (χ0) is 10.1. The molecule has 0 radical (unpaired) electrons. The van der Waals surface area contributed by atoms with Crippen LogP contribution in [0.2, 0.25) is 0 Å². The average Bonchev–Trinajstić information content (AvgIpc) is 2.82. The van der Waals surface area contributed by atoms with Gasteiger partial charge in [-0.1, -0.05) is 18.2 Å². The fourth-order valence-electron chi connectivity index (χ4n) is 2.57. The van der Waals surface area contributed by atoms with Crippen LogP contribution in [0.25, 0.3) is 0 Å². The first-order valence-corrected chi connectivity index (χ1v) is 5.86. The van der Waals surface area contributed by atoms with Crippen molar-refractivity contribution in [3.05, 3.63) is 34.9 Å². The third-order valence-electron chi connectivity index (χ3n) is 3.47. The molecule has 1 atom stereocenters. The monoisotopic (exact) mass is 203 g/mol. The van der Waals surface area contributed by atoms with E-state index in [1.165, 1.54) is 36.1 Å². The van der Waals surface area contributed by atoms with Crippen molar-refractivity contribution in [2.24, 2.45) is 0 Å². The molecule has 0 aliphatic carbocycles. The molecule has 0 spiro atoms. The minimum atomic E-state index is 0.596. The number of rotatable bonds is 1. The molecule has 1 aromatic carbocycles. The second-order valence-electron chi connectivity index (χ2n) is 4.48. The predicted molar refractivity (Wildman–Crippen MR) is 59.8 cm³/mol. The lowest BCUT2D eigenvalue weighted by Crippen LogP contribution is -2.15. The molecule has 0 amide bonds. The van der Waals surface area contributed by atoms with Gasteiger partial charge < -0.3 is 10.1 Å². The van der Waals surface area contributed by atoms with Crippen molar-refractivity contribution in [1.29, 1.82) is 0 Å². The molecular weight excluding hydrogens is 186 g/mol. The standard InChI is InChI=1S/C13H17NO/c1-2-13(14-6-1)11-3-4-12-9-15-7-5-10(12)8-11/h3-4,8,13-14H,1-2,5-7,9H2. The molecule has 1 N–H and O–H groups in total. The molecule has 2 nitrogen and oxygen atoms in total. The van der Waals surface area contributed by atoms with E-state index in [0.29, 0.717) is 6.04 Å². The third kappa shape index (κ3) is 1.80. The van der Waals surface area contributed by atoms with Crippen molar-refractivity contribution in [3.63, 3.8) is 0 Å². The van der Waals surface area contributed by atoms with Crippen molar-refractivity contribution in [2.75, 3.05) is 13.2 Å². The van der Waals surface area contributed by atoms with Gasteiger partial charge >= 0.3 is 0 Å². The molecule has 0 aromatic heterocycles. The van der Waals surface area contributed by atoms with Gasteiger partial charge in [0, 0.05) is 6.04 Å². The van der Waals surface area contributed by atoms with Gasteiger partial charge in [0.25, 0.3) is 0 Å². The SMILES string of the molecule is c1cc2c(cc1C1CCCN1)CCOC2.